The van der Waals surface area contributed by atoms with E-state index in [2.05, 4.69) is 29.1 Å². The lowest BCUT2D eigenvalue weighted by Gasteiger charge is -2.10. The number of aryl methyl sites for hydroxylation is 1. The molecule has 0 aliphatic heterocycles. The van der Waals surface area contributed by atoms with Crippen LogP contribution in [0.4, 0.5) is 5.82 Å². The number of nitrogens with zero attached hydrogens (tertiary/aromatic N) is 2. The normalized spacial score (nSPS) is 10.9. The van der Waals surface area contributed by atoms with Crippen molar-refractivity contribution >= 4 is 5.82 Å². The van der Waals surface area contributed by atoms with Crippen LogP contribution in [0.25, 0.3) is 0 Å². The van der Waals surface area contributed by atoms with Crippen LogP contribution in [0.1, 0.15) is 50.5 Å². The molecule has 0 fully saturated rings. The molecule has 0 radical (unpaired) electrons. The maximum absolute atomic E-state index is 5.45. The second-order valence-corrected chi connectivity index (χ2v) is 4.68. The van der Waals surface area contributed by atoms with Gasteiger partial charge in [0, 0.05) is 24.2 Å². The molecule has 4 heteroatoms. The van der Waals surface area contributed by atoms with Crippen molar-refractivity contribution in [1.29, 1.82) is 0 Å². The number of anilines is 1. The van der Waals surface area contributed by atoms with Crippen molar-refractivity contribution in [3.63, 3.8) is 0 Å². The topological polar surface area (TPSA) is 63.8 Å². The lowest BCUT2D eigenvalue weighted by Crippen LogP contribution is -2.08. The highest BCUT2D eigenvalue weighted by Gasteiger charge is 2.05. The summed E-state index contributed by atoms with van der Waals surface area (Å²) in [5, 5.41) is 3.35. The molecule has 0 unspecified atom stereocenters. The van der Waals surface area contributed by atoms with Gasteiger partial charge in [0.25, 0.3) is 0 Å². The molecule has 17 heavy (non-hydrogen) atoms. The van der Waals surface area contributed by atoms with Crippen molar-refractivity contribution in [1.82, 2.24) is 9.97 Å². The minimum Gasteiger partial charge on any atom is -0.370 e. The van der Waals surface area contributed by atoms with Crippen molar-refractivity contribution in [2.24, 2.45) is 5.73 Å². The fourth-order valence-electron chi connectivity index (χ4n) is 1.60. The van der Waals surface area contributed by atoms with Crippen LogP contribution in [0.15, 0.2) is 6.07 Å². The number of hydrogen-bond acceptors (Lipinski definition) is 4. The third-order valence-corrected chi connectivity index (χ3v) is 2.57. The quantitative estimate of drug-likeness (QED) is 0.714. The average Bonchev–Trinajstić information content (AvgIpc) is 2.28. The van der Waals surface area contributed by atoms with Crippen LogP contribution in [0.2, 0.25) is 0 Å². The summed E-state index contributed by atoms with van der Waals surface area (Å²) in [7, 11) is 0. The SMILES string of the molecule is Cc1cc(NCCCCCN)nc(C(C)C)n1. The molecule has 1 aromatic heterocycles. The van der Waals surface area contributed by atoms with Crippen molar-refractivity contribution < 1.29 is 0 Å². The fraction of sp³-hybridized carbons (Fsp3) is 0.692. The van der Waals surface area contributed by atoms with E-state index in [0.29, 0.717) is 5.92 Å². The molecule has 0 aliphatic rings. The second-order valence-electron chi connectivity index (χ2n) is 4.68. The van der Waals surface area contributed by atoms with E-state index in [4.69, 9.17) is 5.73 Å². The van der Waals surface area contributed by atoms with Crippen molar-refractivity contribution in [3.8, 4) is 0 Å². The Morgan fingerprint density at radius 3 is 2.65 bits per heavy atom. The van der Waals surface area contributed by atoms with E-state index in [1.165, 1.54) is 6.42 Å². The fourth-order valence-corrected chi connectivity index (χ4v) is 1.60. The molecule has 1 rings (SSSR count). The third-order valence-electron chi connectivity index (χ3n) is 2.57. The summed E-state index contributed by atoms with van der Waals surface area (Å²) in [5.74, 6) is 2.22. The van der Waals surface area contributed by atoms with Gasteiger partial charge >= 0.3 is 0 Å². The summed E-state index contributed by atoms with van der Waals surface area (Å²) in [6.45, 7) is 7.96. The molecular weight excluding hydrogens is 212 g/mol. The molecule has 3 N–H and O–H groups in total. The van der Waals surface area contributed by atoms with Gasteiger partial charge in [0.1, 0.15) is 11.6 Å². The Morgan fingerprint density at radius 2 is 2.00 bits per heavy atom. The van der Waals surface area contributed by atoms with Crippen LogP contribution >= 0.6 is 0 Å². The lowest BCUT2D eigenvalue weighted by molar-refractivity contribution is 0.704. The maximum atomic E-state index is 5.45. The van der Waals surface area contributed by atoms with Gasteiger partial charge in [-0.25, -0.2) is 9.97 Å². The van der Waals surface area contributed by atoms with Gasteiger partial charge in [-0.05, 0) is 26.3 Å². The van der Waals surface area contributed by atoms with Crippen LogP contribution in [0.3, 0.4) is 0 Å². The van der Waals surface area contributed by atoms with Gasteiger partial charge in [0.05, 0.1) is 0 Å². The van der Waals surface area contributed by atoms with E-state index in [1.807, 2.05) is 13.0 Å². The monoisotopic (exact) mass is 236 g/mol. The molecule has 96 valence electrons. The van der Waals surface area contributed by atoms with Gasteiger partial charge in [-0.15, -0.1) is 0 Å². The van der Waals surface area contributed by atoms with Gasteiger partial charge in [0.15, 0.2) is 0 Å². The van der Waals surface area contributed by atoms with Gasteiger partial charge in [-0.3, -0.25) is 0 Å². The number of nitrogens with two attached hydrogens (primary N) is 1. The maximum Gasteiger partial charge on any atom is 0.133 e. The second kappa shape index (κ2) is 7.22. The molecule has 1 heterocycles. The molecule has 4 nitrogen and oxygen atoms in total. The average molecular weight is 236 g/mol. The zero-order chi connectivity index (χ0) is 12.7. The Hall–Kier alpha value is -1.16. The summed E-state index contributed by atoms with van der Waals surface area (Å²) < 4.78 is 0. The van der Waals surface area contributed by atoms with Gasteiger partial charge < -0.3 is 11.1 Å². The number of hydrogen-bond donors (Lipinski definition) is 2. The third kappa shape index (κ3) is 5.13. The van der Waals surface area contributed by atoms with E-state index in [9.17, 15) is 0 Å². The number of aromatic nitrogens is 2. The van der Waals surface area contributed by atoms with Crippen molar-refractivity contribution in [2.75, 3.05) is 18.4 Å². The number of unbranched alkanes of at least 4 members (excludes halogenated alkanes) is 2. The number of rotatable bonds is 7. The molecule has 0 aromatic carbocycles. The van der Waals surface area contributed by atoms with E-state index >= 15 is 0 Å². The predicted molar refractivity (Wildman–Crippen MR) is 72.3 cm³/mol. The van der Waals surface area contributed by atoms with Crippen LogP contribution in [0.5, 0.6) is 0 Å². The Morgan fingerprint density at radius 1 is 1.24 bits per heavy atom. The first-order chi connectivity index (χ1) is 8.13. The molecule has 0 saturated carbocycles. The highest BCUT2D eigenvalue weighted by atomic mass is 15.0. The van der Waals surface area contributed by atoms with E-state index in [0.717, 1.165) is 43.3 Å². The summed E-state index contributed by atoms with van der Waals surface area (Å²) in [5.41, 5.74) is 6.48. The van der Waals surface area contributed by atoms with E-state index < -0.39 is 0 Å². The first kappa shape index (κ1) is 13.9. The van der Waals surface area contributed by atoms with Crippen LogP contribution in [-0.2, 0) is 0 Å². The summed E-state index contributed by atoms with van der Waals surface area (Å²) in [6, 6.07) is 1.99. The molecule has 0 saturated heterocycles. The summed E-state index contributed by atoms with van der Waals surface area (Å²) in [4.78, 5) is 8.93. The Bertz CT molecular complexity index is 336. The Balaban J connectivity index is 2.47. The van der Waals surface area contributed by atoms with E-state index in [-0.39, 0.29) is 0 Å². The largest absolute Gasteiger partial charge is 0.370 e. The molecular formula is C13H24N4. The van der Waals surface area contributed by atoms with Gasteiger partial charge in [0.2, 0.25) is 0 Å². The minimum atomic E-state index is 0.368. The van der Waals surface area contributed by atoms with Crippen LogP contribution in [-0.4, -0.2) is 23.1 Å². The molecule has 0 spiro atoms. The minimum absolute atomic E-state index is 0.368. The van der Waals surface area contributed by atoms with Gasteiger partial charge in [-0.2, -0.15) is 0 Å². The Kier molecular flexibility index (Phi) is 5.91. The lowest BCUT2D eigenvalue weighted by atomic mass is 10.2. The molecule has 1 aromatic rings. The predicted octanol–water partition coefficient (Wildman–Crippen LogP) is 2.45. The summed E-state index contributed by atoms with van der Waals surface area (Å²) in [6.07, 6.45) is 3.41. The zero-order valence-corrected chi connectivity index (χ0v) is 11.2. The van der Waals surface area contributed by atoms with Gasteiger partial charge in [-0.1, -0.05) is 20.3 Å². The smallest absolute Gasteiger partial charge is 0.133 e. The van der Waals surface area contributed by atoms with Crippen molar-refractivity contribution in [3.05, 3.63) is 17.6 Å². The number of nitrogens with one attached hydrogen (secondary N) is 1. The zero-order valence-electron chi connectivity index (χ0n) is 11.2. The molecule has 0 atom stereocenters. The van der Waals surface area contributed by atoms with Crippen LogP contribution < -0.4 is 11.1 Å². The first-order valence-electron chi connectivity index (χ1n) is 6.43. The van der Waals surface area contributed by atoms with Crippen molar-refractivity contribution in [2.45, 2.75) is 46.0 Å². The van der Waals surface area contributed by atoms with Crippen LogP contribution in [0, 0.1) is 6.92 Å². The molecule has 0 aliphatic carbocycles. The Labute approximate surface area is 104 Å². The molecule has 0 bridgehead atoms. The molecule has 0 amide bonds. The standard InChI is InChI=1S/C13H24N4/c1-10(2)13-16-11(3)9-12(17-13)15-8-6-4-5-7-14/h9-10H,4-8,14H2,1-3H3,(H,15,16,17). The highest BCUT2D eigenvalue weighted by Crippen LogP contribution is 2.13. The summed E-state index contributed by atoms with van der Waals surface area (Å²) >= 11 is 0. The highest BCUT2D eigenvalue weighted by molar-refractivity contribution is 5.36. The van der Waals surface area contributed by atoms with E-state index in [1.54, 1.807) is 0 Å². The first-order valence-corrected chi connectivity index (χ1v) is 6.43.